The average Bonchev–Trinajstić information content (AvgIpc) is 2.77. The molecule has 0 radical (unpaired) electrons. The Kier molecular flexibility index (Phi) is 6.90. The Labute approximate surface area is 207 Å². The van der Waals surface area contributed by atoms with E-state index in [-0.39, 0.29) is 29.9 Å². The molecule has 182 valence electrons. The van der Waals surface area contributed by atoms with Gasteiger partial charge < -0.3 is 14.5 Å². The summed E-state index contributed by atoms with van der Waals surface area (Å²) in [6.07, 6.45) is 2.87. The minimum absolute atomic E-state index is 0.0741. The first kappa shape index (κ1) is 24.5. The number of amides is 2. The van der Waals surface area contributed by atoms with Crippen molar-refractivity contribution in [1.82, 2.24) is 14.8 Å². The van der Waals surface area contributed by atoms with Crippen LogP contribution in [0.3, 0.4) is 0 Å². The number of rotatable bonds is 2. The molecule has 2 amide bonds. The normalized spacial score (nSPS) is 22.8. The number of piperidine rings is 1. The summed E-state index contributed by atoms with van der Waals surface area (Å²) in [6.45, 7) is 11.3. The van der Waals surface area contributed by atoms with Gasteiger partial charge in [-0.2, -0.15) is 0 Å². The van der Waals surface area contributed by atoms with Crippen molar-refractivity contribution in [3.8, 4) is 0 Å². The Morgan fingerprint density at radius 1 is 1.18 bits per heavy atom. The number of fused-ring (bicyclic) bond motifs is 1. The number of hydrogen-bond donors (Lipinski definition) is 0. The van der Waals surface area contributed by atoms with Gasteiger partial charge in [0.1, 0.15) is 10.8 Å². The Morgan fingerprint density at radius 3 is 2.65 bits per heavy atom. The maximum absolute atomic E-state index is 14.0. The fraction of sp³-hybridized carbons (Fsp3) is 0.519. The monoisotopic (exact) mass is 483 g/mol. The van der Waals surface area contributed by atoms with Gasteiger partial charge in [-0.05, 0) is 70.2 Å². The lowest BCUT2D eigenvalue weighted by atomic mass is 9.79. The van der Waals surface area contributed by atoms with Crippen molar-refractivity contribution in [3.05, 3.63) is 63.9 Å². The minimum Gasteiger partial charge on any atom is -0.444 e. The molecule has 2 aliphatic heterocycles. The molecule has 1 aromatic heterocycles. The highest BCUT2D eigenvalue weighted by molar-refractivity contribution is 6.29. The highest BCUT2D eigenvalue weighted by Crippen LogP contribution is 2.37. The van der Waals surface area contributed by atoms with Crippen LogP contribution >= 0.6 is 11.6 Å². The predicted molar refractivity (Wildman–Crippen MR) is 133 cm³/mol. The van der Waals surface area contributed by atoms with E-state index in [9.17, 15) is 9.59 Å². The van der Waals surface area contributed by atoms with Gasteiger partial charge in [-0.15, -0.1) is 0 Å². The van der Waals surface area contributed by atoms with Crippen LogP contribution in [0.4, 0.5) is 4.79 Å². The van der Waals surface area contributed by atoms with Crippen LogP contribution in [0, 0.1) is 12.8 Å². The largest absolute Gasteiger partial charge is 0.444 e. The molecule has 4 rings (SSSR count). The molecule has 2 aromatic rings. The van der Waals surface area contributed by atoms with Crippen LogP contribution in [-0.2, 0) is 22.5 Å². The maximum atomic E-state index is 14.0. The molecular weight excluding hydrogens is 450 g/mol. The molecule has 1 fully saturated rings. The molecule has 0 N–H and O–H groups in total. The Morgan fingerprint density at radius 2 is 1.94 bits per heavy atom. The van der Waals surface area contributed by atoms with Gasteiger partial charge in [0.2, 0.25) is 5.91 Å². The standard InChI is InChI=1S/C27H34ClN3O3/c1-17-7-6-8-19(11-17)23-16-30(26(33)34-27(3,4)5)10-9-22(23)25(32)31-15-21-13-24(28)29-14-20(21)12-18(31)2/h6-8,11,13-14,18,22-23H,9-10,12,15-16H2,1-5H3/t18-,22+,23-/m0/s1. The van der Waals surface area contributed by atoms with E-state index in [1.54, 1.807) is 4.90 Å². The SMILES string of the molecule is Cc1cccc([C@@H]2CN(C(=O)OC(C)(C)C)CC[C@H]2C(=O)N2Cc3cc(Cl)ncc3C[C@@H]2C)c1. The zero-order valence-electron chi connectivity index (χ0n) is 20.7. The molecule has 1 saturated heterocycles. The lowest BCUT2D eigenvalue weighted by Crippen LogP contribution is -2.52. The molecule has 3 atom stereocenters. The number of carbonyl (C=O) groups excluding carboxylic acids is 2. The lowest BCUT2D eigenvalue weighted by molar-refractivity contribution is -0.141. The number of carbonyl (C=O) groups is 2. The molecule has 3 heterocycles. The van der Waals surface area contributed by atoms with Crippen molar-refractivity contribution in [2.75, 3.05) is 13.1 Å². The summed E-state index contributed by atoms with van der Waals surface area (Å²) >= 11 is 6.13. The van der Waals surface area contributed by atoms with Gasteiger partial charge in [0.15, 0.2) is 0 Å². The second-order valence-corrected chi connectivity index (χ2v) is 11.0. The van der Waals surface area contributed by atoms with Gasteiger partial charge in [-0.1, -0.05) is 41.4 Å². The fourth-order valence-electron chi connectivity index (χ4n) is 5.08. The van der Waals surface area contributed by atoms with E-state index in [1.807, 2.05) is 44.0 Å². The first-order valence-electron chi connectivity index (χ1n) is 12.0. The number of halogens is 1. The zero-order chi connectivity index (χ0) is 24.6. The van der Waals surface area contributed by atoms with Crippen LogP contribution in [-0.4, -0.2) is 51.5 Å². The van der Waals surface area contributed by atoms with Crippen molar-refractivity contribution < 1.29 is 14.3 Å². The number of pyridine rings is 1. The highest BCUT2D eigenvalue weighted by atomic mass is 35.5. The summed E-state index contributed by atoms with van der Waals surface area (Å²) in [5.74, 6) is -0.161. The van der Waals surface area contributed by atoms with E-state index < -0.39 is 5.60 Å². The smallest absolute Gasteiger partial charge is 0.410 e. The van der Waals surface area contributed by atoms with Crippen LogP contribution in [0.1, 0.15) is 62.3 Å². The molecule has 7 heteroatoms. The van der Waals surface area contributed by atoms with Crippen LogP contribution in [0.2, 0.25) is 5.15 Å². The third-order valence-corrected chi connectivity index (χ3v) is 6.98. The van der Waals surface area contributed by atoms with Crippen LogP contribution < -0.4 is 0 Å². The molecule has 0 bridgehead atoms. The topological polar surface area (TPSA) is 62.7 Å². The number of ether oxygens (including phenoxy) is 1. The molecule has 0 saturated carbocycles. The molecular formula is C27H34ClN3O3. The number of benzene rings is 1. The van der Waals surface area contributed by atoms with E-state index in [0.717, 1.165) is 28.7 Å². The summed E-state index contributed by atoms with van der Waals surface area (Å²) in [4.78, 5) is 34.8. The molecule has 34 heavy (non-hydrogen) atoms. The van der Waals surface area contributed by atoms with Crippen molar-refractivity contribution >= 4 is 23.6 Å². The van der Waals surface area contributed by atoms with E-state index in [2.05, 4.69) is 37.0 Å². The highest BCUT2D eigenvalue weighted by Gasteiger charge is 2.41. The van der Waals surface area contributed by atoms with Gasteiger partial charge in [0.05, 0.1) is 0 Å². The van der Waals surface area contributed by atoms with E-state index in [4.69, 9.17) is 16.3 Å². The fourth-order valence-corrected chi connectivity index (χ4v) is 5.26. The zero-order valence-corrected chi connectivity index (χ0v) is 21.4. The quantitative estimate of drug-likeness (QED) is 0.539. The van der Waals surface area contributed by atoms with Crippen molar-refractivity contribution in [1.29, 1.82) is 0 Å². The predicted octanol–water partition coefficient (Wildman–Crippen LogP) is 5.36. The van der Waals surface area contributed by atoms with Crippen LogP contribution in [0.5, 0.6) is 0 Å². The second kappa shape index (κ2) is 9.57. The number of likely N-dealkylation sites (tertiary alicyclic amines) is 1. The Bertz CT molecular complexity index is 1080. The number of nitrogens with zero attached hydrogens (tertiary/aromatic N) is 3. The molecule has 0 unspecified atom stereocenters. The van der Waals surface area contributed by atoms with Crippen LogP contribution in [0.15, 0.2) is 36.5 Å². The molecule has 6 nitrogen and oxygen atoms in total. The first-order valence-corrected chi connectivity index (χ1v) is 12.4. The summed E-state index contributed by atoms with van der Waals surface area (Å²) in [5.41, 5.74) is 3.88. The summed E-state index contributed by atoms with van der Waals surface area (Å²) in [5, 5.41) is 0.448. The van der Waals surface area contributed by atoms with Gasteiger partial charge >= 0.3 is 6.09 Å². The second-order valence-electron chi connectivity index (χ2n) is 10.6. The molecule has 1 aromatic carbocycles. The van der Waals surface area contributed by atoms with Crippen molar-refractivity contribution in [2.24, 2.45) is 5.92 Å². The molecule has 2 aliphatic rings. The third-order valence-electron chi connectivity index (χ3n) is 6.77. The van der Waals surface area contributed by atoms with Crippen LogP contribution in [0.25, 0.3) is 0 Å². The van der Waals surface area contributed by atoms with Gasteiger partial charge in [0.25, 0.3) is 0 Å². The number of hydrogen-bond acceptors (Lipinski definition) is 4. The summed E-state index contributed by atoms with van der Waals surface area (Å²) < 4.78 is 5.64. The summed E-state index contributed by atoms with van der Waals surface area (Å²) in [7, 11) is 0. The molecule has 0 spiro atoms. The molecule has 0 aliphatic carbocycles. The number of aromatic nitrogens is 1. The summed E-state index contributed by atoms with van der Waals surface area (Å²) in [6, 6.07) is 10.2. The maximum Gasteiger partial charge on any atom is 0.410 e. The van der Waals surface area contributed by atoms with E-state index in [0.29, 0.717) is 31.2 Å². The van der Waals surface area contributed by atoms with Crippen molar-refractivity contribution in [3.63, 3.8) is 0 Å². The average molecular weight is 484 g/mol. The minimum atomic E-state index is -0.560. The van der Waals surface area contributed by atoms with Gasteiger partial charge in [-0.25, -0.2) is 9.78 Å². The number of aryl methyl sites for hydroxylation is 1. The van der Waals surface area contributed by atoms with Gasteiger partial charge in [-0.3, -0.25) is 4.79 Å². The Balaban J connectivity index is 1.60. The van der Waals surface area contributed by atoms with E-state index in [1.165, 1.54) is 0 Å². The van der Waals surface area contributed by atoms with Gasteiger partial charge in [0, 0.05) is 43.7 Å². The van der Waals surface area contributed by atoms with Crippen molar-refractivity contribution in [2.45, 2.75) is 71.6 Å². The lowest BCUT2D eigenvalue weighted by Gasteiger charge is -2.43. The Hall–Kier alpha value is -2.60. The third kappa shape index (κ3) is 5.38. The first-order chi connectivity index (χ1) is 16.0. The van der Waals surface area contributed by atoms with E-state index >= 15 is 0 Å².